The molecule has 2 N–H and O–H groups in total. The van der Waals surface area contributed by atoms with Gasteiger partial charge in [-0.15, -0.1) is 0 Å². The predicted molar refractivity (Wildman–Crippen MR) is 132 cm³/mol. The third kappa shape index (κ3) is 4.59. The van der Waals surface area contributed by atoms with Crippen LogP contribution in [0.25, 0.3) is 5.57 Å². The van der Waals surface area contributed by atoms with Crippen LogP contribution in [0.5, 0.6) is 0 Å². The van der Waals surface area contributed by atoms with E-state index in [1.807, 2.05) is 25.1 Å². The van der Waals surface area contributed by atoms with E-state index in [1.54, 1.807) is 0 Å². The average molecular weight is 510 g/mol. The summed E-state index contributed by atoms with van der Waals surface area (Å²) in [5.41, 5.74) is 2.13. The minimum Gasteiger partial charge on any atom is -0.378 e. The number of hydrogen-bond donors (Lipinski definition) is 2. The van der Waals surface area contributed by atoms with Gasteiger partial charge < -0.3 is 15.0 Å². The smallest absolute Gasteiger partial charge is 0.378 e. The molecule has 1 amide bonds. The highest BCUT2D eigenvalue weighted by atomic mass is 19.4. The number of rotatable bonds is 5. The van der Waals surface area contributed by atoms with Crippen molar-refractivity contribution in [2.24, 2.45) is 0 Å². The topological polar surface area (TPSA) is 86.3 Å². The number of allylic oxidation sites excluding steroid dienone is 1. The predicted octanol–water partition coefficient (Wildman–Crippen LogP) is 4.52. The van der Waals surface area contributed by atoms with E-state index >= 15 is 0 Å². The number of carbonyl (C=O) groups is 1. The van der Waals surface area contributed by atoms with Crippen LogP contribution in [0, 0.1) is 0 Å². The Morgan fingerprint density at radius 1 is 1.19 bits per heavy atom. The van der Waals surface area contributed by atoms with Crippen molar-refractivity contribution in [3.8, 4) is 0 Å². The van der Waals surface area contributed by atoms with Crippen molar-refractivity contribution in [2.45, 2.75) is 50.4 Å². The zero-order chi connectivity index (χ0) is 26.5. The quantitative estimate of drug-likeness (QED) is 0.530. The van der Waals surface area contributed by atoms with Gasteiger partial charge in [-0.05, 0) is 48.6 Å². The third-order valence-electron chi connectivity index (χ3n) is 7.26. The van der Waals surface area contributed by atoms with Gasteiger partial charge >= 0.3 is 6.18 Å². The first-order valence-corrected chi connectivity index (χ1v) is 12.0. The van der Waals surface area contributed by atoms with E-state index in [1.165, 1.54) is 11.0 Å². The van der Waals surface area contributed by atoms with Crippen LogP contribution in [-0.4, -0.2) is 32.4 Å². The Morgan fingerprint density at radius 3 is 2.59 bits per heavy atom. The maximum Gasteiger partial charge on any atom is 0.416 e. The summed E-state index contributed by atoms with van der Waals surface area (Å²) >= 11 is 0. The Hall–Kier alpha value is -3.72. The molecule has 1 aromatic heterocycles. The van der Waals surface area contributed by atoms with E-state index < -0.39 is 23.8 Å². The van der Waals surface area contributed by atoms with Gasteiger partial charge in [0, 0.05) is 13.0 Å². The Kier molecular flexibility index (Phi) is 6.06. The zero-order valence-electron chi connectivity index (χ0n) is 20.2. The molecular weight excluding hydrogens is 483 g/mol. The molecule has 1 aliphatic heterocycles. The van der Waals surface area contributed by atoms with Crippen LogP contribution >= 0.6 is 0 Å². The molecule has 192 valence electrons. The number of aromatic amines is 1. The summed E-state index contributed by atoms with van der Waals surface area (Å²) in [6.45, 7) is 6.06. The molecule has 2 heterocycles. The summed E-state index contributed by atoms with van der Waals surface area (Å²) < 4.78 is 39.2. The van der Waals surface area contributed by atoms with Crippen molar-refractivity contribution in [1.82, 2.24) is 14.9 Å². The molecule has 2 aromatic carbocycles. The molecule has 1 atom stereocenters. The number of aliphatic hydroxyl groups is 1. The molecule has 1 saturated carbocycles. The summed E-state index contributed by atoms with van der Waals surface area (Å²) in [6.07, 6.45) is -4.37. The molecule has 9 heteroatoms. The standard InChI is InChI=1S/C28H26F3N3O3/c1-16(2)17-5-3-7-19(13-17)27(10-11-27)26-32-22-9-12-34(15-21(22)24(36)33-26)25(37)23(35)18-6-4-8-20(14-18)28(29,30)31/h3-8,13-14,23,35H,1,9-12,15H2,2H3,(H,32,33,36). The second-order valence-electron chi connectivity index (χ2n) is 9.82. The summed E-state index contributed by atoms with van der Waals surface area (Å²) in [5, 5.41) is 10.5. The summed E-state index contributed by atoms with van der Waals surface area (Å²) in [7, 11) is 0. The molecule has 5 rings (SSSR count). The Labute approximate surface area is 211 Å². The molecule has 0 bridgehead atoms. The lowest BCUT2D eigenvalue weighted by Crippen LogP contribution is -2.42. The van der Waals surface area contributed by atoms with Crippen LogP contribution in [-0.2, 0) is 29.4 Å². The fourth-order valence-corrected chi connectivity index (χ4v) is 4.91. The van der Waals surface area contributed by atoms with Crippen molar-refractivity contribution in [3.63, 3.8) is 0 Å². The number of H-pyrrole nitrogens is 1. The van der Waals surface area contributed by atoms with E-state index in [2.05, 4.69) is 17.6 Å². The largest absolute Gasteiger partial charge is 0.416 e. The number of aromatic nitrogens is 2. The van der Waals surface area contributed by atoms with Gasteiger partial charge in [0.05, 0.1) is 28.8 Å². The molecular formula is C28H26F3N3O3. The minimum atomic E-state index is -4.59. The van der Waals surface area contributed by atoms with Crippen molar-refractivity contribution in [3.05, 3.63) is 105 Å². The van der Waals surface area contributed by atoms with Crippen molar-refractivity contribution >= 4 is 11.5 Å². The lowest BCUT2D eigenvalue weighted by Gasteiger charge is -2.30. The second-order valence-corrected chi connectivity index (χ2v) is 9.82. The molecule has 1 unspecified atom stereocenters. The highest BCUT2D eigenvalue weighted by Gasteiger charge is 2.49. The number of amides is 1. The first-order chi connectivity index (χ1) is 17.5. The van der Waals surface area contributed by atoms with E-state index in [0.717, 1.165) is 47.7 Å². The number of carbonyl (C=O) groups excluding carboxylic acids is 1. The fraction of sp³-hybridized carbons (Fsp3) is 0.321. The molecule has 0 saturated heterocycles. The molecule has 37 heavy (non-hydrogen) atoms. The molecule has 2 aliphatic rings. The lowest BCUT2D eigenvalue weighted by atomic mass is 9.91. The van der Waals surface area contributed by atoms with Gasteiger partial charge in [-0.2, -0.15) is 13.2 Å². The maximum absolute atomic E-state index is 13.1. The zero-order valence-corrected chi connectivity index (χ0v) is 20.2. The van der Waals surface area contributed by atoms with Gasteiger partial charge in [-0.3, -0.25) is 9.59 Å². The highest BCUT2D eigenvalue weighted by Crippen LogP contribution is 2.52. The SMILES string of the molecule is C=C(C)c1cccc(C2(c3nc4c(c(=O)[nH]3)CN(C(=O)C(O)c3cccc(C(F)(F)F)c3)CC4)CC2)c1. The molecule has 1 aliphatic carbocycles. The van der Waals surface area contributed by atoms with Crippen molar-refractivity contribution < 1.29 is 23.1 Å². The monoisotopic (exact) mass is 509 g/mol. The molecule has 0 radical (unpaired) electrons. The van der Waals surface area contributed by atoms with E-state index in [0.29, 0.717) is 23.5 Å². The second kappa shape index (κ2) is 8.99. The van der Waals surface area contributed by atoms with Crippen LogP contribution in [0.1, 0.15) is 65.2 Å². The van der Waals surface area contributed by atoms with Crippen LogP contribution in [0.4, 0.5) is 13.2 Å². The maximum atomic E-state index is 13.1. The number of halogens is 3. The van der Waals surface area contributed by atoms with Crippen molar-refractivity contribution in [1.29, 1.82) is 0 Å². The Morgan fingerprint density at radius 2 is 1.92 bits per heavy atom. The summed E-state index contributed by atoms with van der Waals surface area (Å²) in [5.74, 6) is -0.164. The minimum absolute atomic E-state index is 0.0784. The Balaban J connectivity index is 1.39. The molecule has 0 spiro atoms. The van der Waals surface area contributed by atoms with Gasteiger partial charge in [0.15, 0.2) is 6.10 Å². The number of fused-ring (bicyclic) bond motifs is 1. The van der Waals surface area contributed by atoms with Gasteiger partial charge in [0.1, 0.15) is 5.82 Å². The fourth-order valence-electron chi connectivity index (χ4n) is 4.91. The number of nitrogens with zero attached hydrogens (tertiary/aromatic N) is 2. The number of benzene rings is 2. The lowest BCUT2D eigenvalue weighted by molar-refractivity contribution is -0.142. The molecule has 1 fully saturated rings. The first-order valence-electron chi connectivity index (χ1n) is 12.0. The van der Waals surface area contributed by atoms with Crippen molar-refractivity contribution in [2.75, 3.05) is 6.54 Å². The van der Waals surface area contributed by atoms with E-state index in [9.17, 15) is 27.9 Å². The van der Waals surface area contributed by atoms with Gasteiger partial charge in [0.25, 0.3) is 11.5 Å². The number of aliphatic hydroxyl groups excluding tert-OH is 1. The summed E-state index contributed by atoms with van der Waals surface area (Å²) in [6, 6.07) is 12.1. The number of nitrogens with one attached hydrogen (secondary N) is 1. The van der Waals surface area contributed by atoms with Gasteiger partial charge in [-0.25, -0.2) is 4.98 Å². The molecule has 3 aromatic rings. The highest BCUT2D eigenvalue weighted by molar-refractivity contribution is 5.82. The summed E-state index contributed by atoms with van der Waals surface area (Å²) in [4.78, 5) is 35.0. The first kappa shape index (κ1) is 25.0. The van der Waals surface area contributed by atoms with Crippen LogP contribution < -0.4 is 5.56 Å². The van der Waals surface area contributed by atoms with E-state index in [4.69, 9.17) is 4.98 Å². The normalized spacial score (nSPS) is 17.2. The molecule has 6 nitrogen and oxygen atoms in total. The van der Waals surface area contributed by atoms with Gasteiger partial charge in [-0.1, -0.05) is 48.6 Å². The number of alkyl halides is 3. The van der Waals surface area contributed by atoms with Crippen LogP contribution in [0.3, 0.4) is 0 Å². The van der Waals surface area contributed by atoms with Gasteiger partial charge in [0.2, 0.25) is 0 Å². The number of hydrogen-bond acceptors (Lipinski definition) is 4. The van der Waals surface area contributed by atoms with E-state index in [-0.39, 0.29) is 29.6 Å². The van der Waals surface area contributed by atoms with Crippen LogP contribution in [0.2, 0.25) is 0 Å². The van der Waals surface area contributed by atoms with Crippen LogP contribution in [0.15, 0.2) is 59.9 Å². The third-order valence-corrected chi connectivity index (χ3v) is 7.26. The Bertz CT molecular complexity index is 1460. The average Bonchev–Trinajstić information content (AvgIpc) is 3.69.